The third-order valence-electron chi connectivity index (χ3n) is 4.70. The lowest BCUT2D eigenvalue weighted by Crippen LogP contribution is -1.92. The molecule has 10 nitrogen and oxygen atoms in total. The second-order valence-corrected chi connectivity index (χ2v) is 9.19. The Morgan fingerprint density at radius 3 is 1.37 bits per heavy atom. The first-order chi connectivity index (χ1) is 18.4. The van der Waals surface area contributed by atoms with Gasteiger partial charge in [0, 0.05) is 11.1 Å². The van der Waals surface area contributed by atoms with Crippen LogP contribution in [0.2, 0.25) is 0 Å². The van der Waals surface area contributed by atoms with Crippen LogP contribution in [0.4, 0.5) is 11.6 Å². The van der Waals surface area contributed by atoms with Crippen molar-refractivity contribution in [1.29, 1.82) is 0 Å². The summed E-state index contributed by atoms with van der Waals surface area (Å²) < 4.78 is 11.7. The Morgan fingerprint density at radius 1 is 0.579 bits per heavy atom. The number of nitrogens with zero attached hydrogens (tertiary/aromatic N) is 6. The quantitative estimate of drug-likeness (QED) is 0.238. The van der Waals surface area contributed by atoms with Crippen molar-refractivity contribution in [2.24, 2.45) is 0 Å². The smallest absolute Gasteiger partial charge is 0.141 e. The summed E-state index contributed by atoms with van der Waals surface area (Å²) in [7, 11) is 3.29. The van der Waals surface area contributed by atoms with Crippen molar-refractivity contribution in [1.82, 2.24) is 29.9 Å². The van der Waals surface area contributed by atoms with Crippen molar-refractivity contribution in [3.8, 4) is 34.0 Å². The van der Waals surface area contributed by atoms with E-state index in [4.69, 9.17) is 20.9 Å². The Balaban J connectivity index is 0.000000166. The zero-order valence-corrected chi connectivity index (χ0v) is 24.2. The maximum Gasteiger partial charge on any atom is 0.141 e. The van der Waals surface area contributed by atoms with Gasteiger partial charge in [-0.25, -0.2) is 19.9 Å². The Kier molecular flexibility index (Phi) is 11.1. The van der Waals surface area contributed by atoms with Gasteiger partial charge in [0.2, 0.25) is 0 Å². The van der Waals surface area contributed by atoms with Crippen LogP contribution in [0.1, 0.15) is 0 Å². The third-order valence-corrected chi connectivity index (χ3v) is 5.67. The molecule has 12 heteroatoms. The van der Waals surface area contributed by atoms with E-state index in [-0.39, 0.29) is 0 Å². The molecule has 0 spiro atoms. The van der Waals surface area contributed by atoms with E-state index in [0.29, 0.717) is 16.2 Å². The molecule has 0 radical (unpaired) electrons. The largest absolute Gasteiger partial charge is 0.497 e. The molecule has 0 saturated heterocycles. The zero-order chi connectivity index (χ0) is 27.3. The van der Waals surface area contributed by atoms with E-state index in [0.717, 1.165) is 37.7 Å². The number of halogens is 2. The summed E-state index contributed by atoms with van der Waals surface area (Å²) in [5.74, 6) is 2.53. The van der Waals surface area contributed by atoms with Gasteiger partial charge in [-0.3, -0.25) is 9.97 Å². The molecule has 0 fully saturated rings. The fourth-order valence-electron chi connectivity index (χ4n) is 2.79. The molecule has 5 aromatic rings. The van der Waals surface area contributed by atoms with Crippen molar-refractivity contribution in [3.05, 3.63) is 94.0 Å². The normalized spacial score (nSPS) is 9.79. The highest BCUT2D eigenvalue weighted by molar-refractivity contribution is 14.1. The molecule has 2 aromatic carbocycles. The maximum absolute atomic E-state index is 5.46. The number of aromatic nitrogens is 6. The van der Waals surface area contributed by atoms with E-state index < -0.39 is 0 Å². The highest BCUT2D eigenvalue weighted by atomic mass is 127. The number of hydrogen-bond donors (Lipinski definition) is 2. The molecule has 0 unspecified atom stereocenters. The second-order valence-electron chi connectivity index (χ2n) is 7.27. The molecule has 0 aliphatic heterocycles. The summed E-state index contributed by atoms with van der Waals surface area (Å²) in [5, 5.41) is 0. The minimum absolute atomic E-state index is 0.423. The molecule has 3 heterocycles. The minimum Gasteiger partial charge on any atom is -0.497 e. The van der Waals surface area contributed by atoms with Crippen LogP contribution in [0.5, 0.6) is 11.5 Å². The fraction of sp³-hybridized carbons (Fsp3) is 0.0769. The Bertz CT molecular complexity index is 1280. The Hall–Kier alpha value is -3.91. The summed E-state index contributed by atoms with van der Waals surface area (Å²) in [5.41, 5.74) is 14.4. The maximum atomic E-state index is 5.46. The molecule has 0 atom stereocenters. The first kappa shape index (κ1) is 28.7. The van der Waals surface area contributed by atoms with Crippen molar-refractivity contribution in [2.45, 2.75) is 0 Å². The van der Waals surface area contributed by atoms with Gasteiger partial charge >= 0.3 is 0 Å². The highest BCUT2D eigenvalue weighted by Crippen LogP contribution is 2.21. The van der Waals surface area contributed by atoms with Gasteiger partial charge in [-0.1, -0.05) is 0 Å². The lowest BCUT2D eigenvalue weighted by molar-refractivity contribution is 0.415. The molecule has 0 saturated carbocycles. The van der Waals surface area contributed by atoms with Gasteiger partial charge < -0.3 is 20.9 Å². The number of rotatable bonds is 4. The van der Waals surface area contributed by atoms with Gasteiger partial charge in [-0.05, 0) is 87.1 Å². The van der Waals surface area contributed by atoms with Crippen LogP contribution >= 0.6 is 38.5 Å². The van der Waals surface area contributed by atoms with Crippen LogP contribution in [-0.2, 0) is 0 Å². The molecular weight excluding hydrogens is 663 g/mol. The molecule has 4 N–H and O–H groups in total. The fourth-order valence-corrected chi connectivity index (χ4v) is 3.28. The van der Waals surface area contributed by atoms with Crippen LogP contribution in [-0.4, -0.2) is 44.1 Å². The van der Waals surface area contributed by atoms with Crippen LogP contribution in [0.3, 0.4) is 0 Å². The predicted molar refractivity (Wildman–Crippen MR) is 159 cm³/mol. The molecule has 5 rings (SSSR count). The van der Waals surface area contributed by atoms with E-state index in [9.17, 15) is 0 Å². The van der Waals surface area contributed by atoms with Crippen molar-refractivity contribution >= 4 is 50.2 Å². The summed E-state index contributed by atoms with van der Waals surface area (Å²) in [6.07, 6.45) is 9.75. The van der Waals surface area contributed by atoms with E-state index in [2.05, 4.69) is 68.4 Å². The number of benzene rings is 2. The average molecular weight is 687 g/mol. The van der Waals surface area contributed by atoms with Crippen molar-refractivity contribution in [3.63, 3.8) is 0 Å². The molecule has 0 aliphatic rings. The van der Waals surface area contributed by atoms with Gasteiger partial charge in [-0.15, -0.1) is 0 Å². The first-order valence-electron chi connectivity index (χ1n) is 10.9. The summed E-state index contributed by atoms with van der Waals surface area (Å²) in [4.78, 5) is 24.2. The van der Waals surface area contributed by atoms with Gasteiger partial charge in [0.25, 0.3) is 0 Å². The van der Waals surface area contributed by atoms with E-state index >= 15 is 0 Å². The van der Waals surface area contributed by atoms with E-state index in [1.54, 1.807) is 45.2 Å². The van der Waals surface area contributed by atoms with Crippen LogP contribution < -0.4 is 20.9 Å². The SMILES string of the molecule is COc1ccc(-c2cnc(I)cn2)cc1.COc1ccc(-c2cnc(N)cn2)cc1.Nc1cnc(Br)cn1. The summed E-state index contributed by atoms with van der Waals surface area (Å²) in [6, 6.07) is 15.4. The lowest BCUT2D eigenvalue weighted by atomic mass is 10.1. The minimum atomic E-state index is 0.423. The van der Waals surface area contributed by atoms with E-state index in [1.165, 1.54) is 6.20 Å². The Labute approximate surface area is 242 Å². The highest BCUT2D eigenvalue weighted by Gasteiger charge is 2.01. The summed E-state index contributed by atoms with van der Waals surface area (Å²) in [6.45, 7) is 0. The number of ether oxygens (including phenoxy) is 2. The zero-order valence-electron chi connectivity index (χ0n) is 20.5. The Morgan fingerprint density at radius 2 is 1.03 bits per heavy atom. The number of nitrogen functional groups attached to an aromatic ring is 2. The molecule has 0 amide bonds. The first-order valence-corrected chi connectivity index (χ1v) is 12.8. The predicted octanol–water partition coefficient (Wildman–Crippen LogP) is 5.31. The molecule has 38 heavy (non-hydrogen) atoms. The lowest BCUT2D eigenvalue weighted by Gasteiger charge is -2.02. The number of methoxy groups -OCH3 is 2. The van der Waals surface area contributed by atoms with Crippen LogP contribution in [0.25, 0.3) is 22.5 Å². The molecule has 0 aliphatic carbocycles. The van der Waals surface area contributed by atoms with Gasteiger partial charge in [0.1, 0.15) is 31.4 Å². The van der Waals surface area contributed by atoms with Crippen LogP contribution in [0, 0.1) is 3.70 Å². The monoisotopic (exact) mass is 686 g/mol. The van der Waals surface area contributed by atoms with Crippen LogP contribution in [0.15, 0.2) is 90.3 Å². The van der Waals surface area contributed by atoms with Gasteiger partial charge in [0.15, 0.2) is 0 Å². The number of hydrogen-bond acceptors (Lipinski definition) is 10. The van der Waals surface area contributed by atoms with E-state index in [1.807, 2.05) is 48.5 Å². The van der Waals surface area contributed by atoms with Crippen molar-refractivity contribution < 1.29 is 9.47 Å². The summed E-state index contributed by atoms with van der Waals surface area (Å²) >= 11 is 5.25. The van der Waals surface area contributed by atoms with Gasteiger partial charge in [0.05, 0.1) is 62.8 Å². The van der Waals surface area contributed by atoms with Crippen molar-refractivity contribution in [2.75, 3.05) is 25.7 Å². The molecular formula is C26H24BrIN8O2. The standard InChI is InChI=1S/C11H9IN2O.C11H11N3O.C4H4BrN3/c2*1-15-9-4-2-8(3-5-9)10-6-14-11(12)7-13-10;5-3-1-8-4(6)2-7-3/h2-7H,1H3;2-7H,1H3,(H2,12,14);1-2H,(H2,6,8). The third kappa shape index (κ3) is 9.19. The second kappa shape index (κ2) is 14.7. The number of anilines is 2. The molecule has 3 aromatic heterocycles. The number of nitrogens with two attached hydrogens (primary N) is 2. The topological polar surface area (TPSA) is 148 Å². The average Bonchev–Trinajstić information content (AvgIpc) is 2.96. The van der Waals surface area contributed by atoms with Gasteiger partial charge in [-0.2, -0.15) is 0 Å². The molecule has 194 valence electrons. The molecule has 0 bridgehead atoms.